The van der Waals surface area contributed by atoms with Gasteiger partial charge in [0.25, 0.3) is 10.0 Å². The Morgan fingerprint density at radius 3 is 2.32 bits per heavy atom. The molecule has 1 rings (SSSR count). The van der Waals surface area contributed by atoms with E-state index in [1.165, 1.54) is 12.1 Å². The van der Waals surface area contributed by atoms with E-state index in [0.29, 0.717) is 11.3 Å². The largest absolute Gasteiger partial charge is 0.477 e. The minimum atomic E-state index is -3.98. The molecule has 0 amide bonds. The molecule has 0 atom stereocenters. The number of carbonyl (C=O) groups is 1. The van der Waals surface area contributed by atoms with Crippen molar-refractivity contribution in [3.63, 3.8) is 0 Å². The number of thiophene rings is 1. The van der Waals surface area contributed by atoms with Gasteiger partial charge in [0.15, 0.2) is 0 Å². The fraction of sp³-hybridized carbons (Fsp3) is 0.500. The van der Waals surface area contributed by atoms with Gasteiger partial charge in [0.2, 0.25) is 0 Å². The first kappa shape index (κ1) is 16.1. The lowest BCUT2D eigenvalue weighted by atomic mass is 10.0. The molecule has 0 aliphatic heterocycles. The van der Waals surface area contributed by atoms with Crippen molar-refractivity contribution in [1.29, 1.82) is 0 Å². The molecule has 4 N–H and O–H groups in total. The second-order valence-electron chi connectivity index (χ2n) is 3.98. The highest BCUT2D eigenvalue weighted by atomic mass is 32.2. The van der Waals surface area contributed by atoms with Gasteiger partial charge in [-0.15, -0.1) is 11.3 Å². The summed E-state index contributed by atoms with van der Waals surface area (Å²) in [6.45, 7) is 0.499. The zero-order valence-corrected chi connectivity index (χ0v) is 11.8. The van der Waals surface area contributed by atoms with Crippen LogP contribution in [0.1, 0.15) is 23.0 Å². The summed E-state index contributed by atoms with van der Waals surface area (Å²) in [5.41, 5.74) is -1.35. The van der Waals surface area contributed by atoms with Gasteiger partial charge in [-0.2, -0.15) is 4.72 Å². The number of carboxylic acids is 1. The van der Waals surface area contributed by atoms with Gasteiger partial charge in [-0.1, -0.05) is 6.92 Å². The molecule has 19 heavy (non-hydrogen) atoms. The van der Waals surface area contributed by atoms with Crippen molar-refractivity contribution in [2.75, 3.05) is 13.2 Å². The van der Waals surface area contributed by atoms with Gasteiger partial charge in [0, 0.05) is 0 Å². The van der Waals surface area contributed by atoms with Crippen LogP contribution < -0.4 is 4.72 Å². The molecule has 1 aromatic heterocycles. The van der Waals surface area contributed by atoms with Gasteiger partial charge < -0.3 is 15.3 Å². The van der Waals surface area contributed by atoms with Gasteiger partial charge in [0.1, 0.15) is 9.09 Å². The molecular formula is C10H15NO6S2. The van der Waals surface area contributed by atoms with Gasteiger partial charge in [-0.25, -0.2) is 13.2 Å². The molecular weight excluding hydrogens is 294 g/mol. The highest BCUT2D eigenvalue weighted by Crippen LogP contribution is 2.23. The lowest BCUT2D eigenvalue weighted by molar-refractivity contribution is 0.0702. The number of sulfonamides is 1. The first-order chi connectivity index (χ1) is 8.80. The molecule has 0 aromatic carbocycles. The molecule has 108 valence electrons. The highest BCUT2D eigenvalue weighted by Gasteiger charge is 2.33. The van der Waals surface area contributed by atoms with Crippen molar-refractivity contribution in [2.24, 2.45) is 0 Å². The molecule has 0 bridgehead atoms. The third-order valence-electron chi connectivity index (χ3n) is 2.69. The Morgan fingerprint density at radius 2 is 1.95 bits per heavy atom. The predicted octanol–water partition coefficient (Wildman–Crippen LogP) is -0.142. The van der Waals surface area contributed by atoms with E-state index in [9.17, 15) is 23.4 Å². The summed E-state index contributed by atoms with van der Waals surface area (Å²) in [5, 5.41) is 27.2. The van der Waals surface area contributed by atoms with Crippen LogP contribution in [0.25, 0.3) is 0 Å². The van der Waals surface area contributed by atoms with Crippen molar-refractivity contribution in [3.05, 3.63) is 17.0 Å². The maximum atomic E-state index is 12.0. The molecule has 0 saturated carbocycles. The van der Waals surface area contributed by atoms with Crippen molar-refractivity contribution < 1.29 is 28.5 Å². The topological polar surface area (TPSA) is 124 Å². The summed E-state index contributed by atoms with van der Waals surface area (Å²) in [5.74, 6) is -1.21. The lowest BCUT2D eigenvalue weighted by Crippen LogP contribution is -2.53. The van der Waals surface area contributed by atoms with Crippen molar-refractivity contribution in [1.82, 2.24) is 4.72 Å². The van der Waals surface area contributed by atoms with Crippen molar-refractivity contribution in [2.45, 2.75) is 23.1 Å². The number of aliphatic hydroxyl groups excluding tert-OH is 2. The van der Waals surface area contributed by atoms with Gasteiger partial charge in [-0.3, -0.25) is 0 Å². The quantitative estimate of drug-likeness (QED) is 0.555. The Bertz CT molecular complexity index is 538. The van der Waals surface area contributed by atoms with E-state index in [1.54, 1.807) is 6.92 Å². The Hall–Kier alpha value is -1.00. The van der Waals surface area contributed by atoms with E-state index in [2.05, 4.69) is 4.72 Å². The molecule has 0 aliphatic carbocycles. The van der Waals surface area contributed by atoms with E-state index < -0.39 is 34.7 Å². The monoisotopic (exact) mass is 309 g/mol. The highest BCUT2D eigenvalue weighted by molar-refractivity contribution is 7.91. The number of hydrogen-bond donors (Lipinski definition) is 4. The smallest absolute Gasteiger partial charge is 0.345 e. The van der Waals surface area contributed by atoms with Crippen molar-refractivity contribution in [3.8, 4) is 0 Å². The van der Waals surface area contributed by atoms with E-state index in [4.69, 9.17) is 5.11 Å². The second kappa shape index (κ2) is 5.97. The third-order valence-corrected chi connectivity index (χ3v) is 5.83. The molecule has 0 fully saturated rings. The number of aromatic carboxylic acids is 1. The number of nitrogens with one attached hydrogen (secondary N) is 1. The molecule has 0 radical (unpaired) electrons. The molecule has 7 nitrogen and oxygen atoms in total. The maximum absolute atomic E-state index is 12.0. The van der Waals surface area contributed by atoms with Crippen molar-refractivity contribution >= 4 is 27.3 Å². The summed E-state index contributed by atoms with van der Waals surface area (Å²) >= 11 is 0.607. The average Bonchev–Trinajstić information content (AvgIpc) is 2.86. The molecule has 0 unspecified atom stereocenters. The van der Waals surface area contributed by atoms with E-state index >= 15 is 0 Å². The van der Waals surface area contributed by atoms with E-state index in [1.807, 2.05) is 0 Å². The van der Waals surface area contributed by atoms with E-state index in [0.717, 1.165) is 0 Å². The SMILES string of the molecule is CCC(CO)(CO)NS(=O)(=O)c1ccc(C(=O)O)s1. The van der Waals surface area contributed by atoms with Crippen LogP contribution in [0.2, 0.25) is 0 Å². The van der Waals surface area contributed by atoms with Crippen LogP contribution in [0.15, 0.2) is 16.3 Å². The zero-order valence-electron chi connectivity index (χ0n) is 10.2. The lowest BCUT2D eigenvalue weighted by Gasteiger charge is -2.28. The molecule has 1 heterocycles. The first-order valence-corrected chi connectivity index (χ1v) is 7.69. The number of carboxylic acid groups (broad SMARTS) is 1. The molecule has 1 aromatic rings. The van der Waals surface area contributed by atoms with Crippen LogP contribution in [0.5, 0.6) is 0 Å². The van der Waals surface area contributed by atoms with Gasteiger partial charge >= 0.3 is 5.97 Å². The number of hydrogen-bond acceptors (Lipinski definition) is 6. The Kier molecular flexibility index (Phi) is 5.04. The molecule has 0 spiro atoms. The number of aliphatic hydroxyl groups is 2. The Balaban J connectivity index is 3.06. The average molecular weight is 309 g/mol. The van der Waals surface area contributed by atoms with Crippen LogP contribution in [0.4, 0.5) is 0 Å². The number of rotatable bonds is 7. The second-order valence-corrected chi connectivity index (χ2v) is 6.97. The standard InChI is InChI=1S/C10H15NO6S2/c1-2-10(5-12,6-13)11-19(16,17)8-4-3-7(18-8)9(14)15/h3-4,11-13H,2,5-6H2,1H3,(H,14,15). The van der Waals surface area contributed by atoms with Gasteiger partial charge in [-0.05, 0) is 18.6 Å². The minimum Gasteiger partial charge on any atom is -0.477 e. The first-order valence-electron chi connectivity index (χ1n) is 5.39. The maximum Gasteiger partial charge on any atom is 0.345 e. The summed E-state index contributed by atoms with van der Waals surface area (Å²) in [4.78, 5) is 10.6. The fourth-order valence-electron chi connectivity index (χ4n) is 1.33. The summed E-state index contributed by atoms with van der Waals surface area (Å²) in [6, 6.07) is 2.36. The van der Waals surface area contributed by atoms with E-state index in [-0.39, 0.29) is 15.5 Å². The molecule has 0 saturated heterocycles. The van der Waals surface area contributed by atoms with Gasteiger partial charge in [0.05, 0.1) is 18.8 Å². The normalized spacial score (nSPS) is 12.6. The van der Waals surface area contributed by atoms with Crippen LogP contribution in [-0.2, 0) is 10.0 Å². The summed E-state index contributed by atoms with van der Waals surface area (Å²) < 4.78 is 26.1. The van der Waals surface area contributed by atoms with Crippen LogP contribution >= 0.6 is 11.3 Å². The van der Waals surface area contributed by atoms with Crippen LogP contribution in [0, 0.1) is 0 Å². The zero-order chi connectivity index (χ0) is 14.7. The summed E-state index contributed by atoms with van der Waals surface area (Å²) in [7, 11) is -3.98. The molecule has 0 aliphatic rings. The Morgan fingerprint density at radius 1 is 1.37 bits per heavy atom. The minimum absolute atomic E-state index is 0.101. The third kappa shape index (κ3) is 3.51. The van der Waals surface area contributed by atoms with Crippen LogP contribution in [0.3, 0.4) is 0 Å². The molecule has 9 heteroatoms. The summed E-state index contributed by atoms with van der Waals surface area (Å²) in [6.07, 6.45) is 0.191. The predicted molar refractivity (Wildman–Crippen MR) is 68.8 cm³/mol. The van der Waals surface area contributed by atoms with Crippen LogP contribution in [-0.4, -0.2) is 48.5 Å². The Labute approximate surface area is 114 Å². The fourth-order valence-corrected chi connectivity index (χ4v) is 3.93.